The zero-order valence-corrected chi connectivity index (χ0v) is 12.7. The highest BCUT2D eigenvalue weighted by Gasteiger charge is 2.32. The summed E-state index contributed by atoms with van der Waals surface area (Å²) >= 11 is 1.89. The average Bonchev–Trinajstić information content (AvgIpc) is 2.86. The van der Waals surface area contributed by atoms with Crippen LogP contribution in [-0.4, -0.2) is 28.6 Å². The van der Waals surface area contributed by atoms with E-state index in [4.69, 9.17) is 5.11 Å². The van der Waals surface area contributed by atoms with Gasteiger partial charge in [0.25, 0.3) is 0 Å². The van der Waals surface area contributed by atoms with Crippen molar-refractivity contribution in [2.75, 3.05) is 6.54 Å². The lowest BCUT2D eigenvalue weighted by atomic mass is 9.90. The smallest absolute Gasteiger partial charge is 0.306 e. The second kappa shape index (κ2) is 6.06. The van der Waals surface area contributed by atoms with E-state index in [9.17, 15) is 4.79 Å². The zero-order valence-electron chi connectivity index (χ0n) is 11.9. The van der Waals surface area contributed by atoms with Gasteiger partial charge in [-0.25, -0.2) is 0 Å². The topological polar surface area (TPSA) is 40.5 Å². The fraction of sp³-hybridized carbons (Fsp3) is 0.667. The molecule has 0 bridgehead atoms. The molecule has 2 rings (SSSR count). The summed E-state index contributed by atoms with van der Waals surface area (Å²) in [6, 6.07) is 5.18. The molecule has 0 aromatic carbocycles. The Bertz CT molecular complexity index is 443. The van der Waals surface area contributed by atoms with Crippen LogP contribution in [0.3, 0.4) is 0 Å². The van der Waals surface area contributed by atoms with E-state index in [1.165, 1.54) is 9.75 Å². The molecule has 0 aliphatic carbocycles. The molecule has 1 aromatic rings. The lowest BCUT2D eigenvalue weighted by Crippen LogP contribution is -2.43. The highest BCUT2D eigenvalue weighted by atomic mass is 32.1. The molecule has 106 valence electrons. The minimum Gasteiger partial charge on any atom is -0.481 e. The van der Waals surface area contributed by atoms with Gasteiger partial charge in [-0.15, -0.1) is 11.3 Å². The molecular weight excluding hydrogens is 258 g/mol. The maximum atomic E-state index is 11.1. The molecule has 4 heteroatoms. The normalized spacial score (nSPS) is 26.3. The molecule has 3 atom stereocenters. The molecule has 1 fully saturated rings. The number of hydrogen-bond acceptors (Lipinski definition) is 3. The third kappa shape index (κ3) is 3.18. The van der Waals surface area contributed by atoms with Crippen LogP contribution in [0.1, 0.15) is 49.4 Å². The first-order chi connectivity index (χ1) is 9.02. The summed E-state index contributed by atoms with van der Waals surface area (Å²) in [5.41, 5.74) is 0. The van der Waals surface area contributed by atoms with Crippen molar-refractivity contribution in [1.82, 2.24) is 4.90 Å². The zero-order chi connectivity index (χ0) is 14.0. The molecular formula is C15H23NO2S. The van der Waals surface area contributed by atoms with Crippen LogP contribution in [0.25, 0.3) is 0 Å². The van der Waals surface area contributed by atoms with Gasteiger partial charge in [-0.2, -0.15) is 0 Å². The van der Waals surface area contributed by atoms with E-state index in [1.807, 2.05) is 11.3 Å². The van der Waals surface area contributed by atoms with E-state index in [2.05, 4.69) is 37.8 Å². The van der Waals surface area contributed by atoms with Crippen molar-refractivity contribution in [3.05, 3.63) is 21.9 Å². The summed E-state index contributed by atoms with van der Waals surface area (Å²) in [5, 5.41) is 9.12. The number of aryl methyl sites for hydroxylation is 1. The third-order valence-electron chi connectivity index (χ3n) is 4.22. The Morgan fingerprint density at radius 3 is 2.84 bits per heavy atom. The van der Waals surface area contributed by atoms with Crippen LogP contribution < -0.4 is 0 Å². The molecule has 0 saturated carbocycles. The van der Waals surface area contributed by atoms with Crippen molar-refractivity contribution in [3.63, 3.8) is 0 Å². The Morgan fingerprint density at radius 1 is 1.58 bits per heavy atom. The first kappa shape index (κ1) is 14.5. The maximum Gasteiger partial charge on any atom is 0.306 e. The van der Waals surface area contributed by atoms with Crippen LogP contribution in [0.4, 0.5) is 0 Å². The first-order valence-corrected chi connectivity index (χ1v) is 7.91. The molecule has 1 aromatic heterocycles. The van der Waals surface area contributed by atoms with Crippen molar-refractivity contribution >= 4 is 17.3 Å². The molecule has 2 heterocycles. The van der Waals surface area contributed by atoms with Crippen LogP contribution in [0.15, 0.2) is 12.1 Å². The van der Waals surface area contributed by atoms with Gasteiger partial charge in [-0.05, 0) is 51.8 Å². The Labute approximate surface area is 119 Å². The third-order valence-corrected chi connectivity index (χ3v) is 5.62. The second-order valence-electron chi connectivity index (χ2n) is 5.48. The summed E-state index contributed by atoms with van der Waals surface area (Å²) in [4.78, 5) is 16.3. The van der Waals surface area contributed by atoms with Gasteiger partial charge in [-0.1, -0.05) is 6.92 Å². The van der Waals surface area contributed by atoms with E-state index < -0.39 is 5.97 Å². The number of carboxylic acid groups (broad SMARTS) is 1. The summed E-state index contributed by atoms with van der Waals surface area (Å²) in [6.45, 7) is 7.46. The Balaban J connectivity index is 2.04. The average molecular weight is 281 g/mol. The van der Waals surface area contributed by atoms with Crippen molar-refractivity contribution < 1.29 is 9.90 Å². The van der Waals surface area contributed by atoms with Crippen LogP contribution in [-0.2, 0) is 11.2 Å². The van der Waals surface area contributed by atoms with Crippen LogP contribution in [0, 0.1) is 5.92 Å². The highest BCUT2D eigenvalue weighted by Crippen LogP contribution is 2.34. The highest BCUT2D eigenvalue weighted by molar-refractivity contribution is 7.12. The van der Waals surface area contributed by atoms with E-state index >= 15 is 0 Å². The monoisotopic (exact) mass is 281 g/mol. The number of nitrogens with zero attached hydrogens (tertiary/aromatic N) is 1. The fourth-order valence-electron chi connectivity index (χ4n) is 2.96. The Morgan fingerprint density at radius 2 is 2.32 bits per heavy atom. The summed E-state index contributed by atoms with van der Waals surface area (Å²) in [5.74, 6) is -0.795. The summed E-state index contributed by atoms with van der Waals surface area (Å²) < 4.78 is 0. The first-order valence-electron chi connectivity index (χ1n) is 7.10. The van der Waals surface area contributed by atoms with Gasteiger partial charge in [0.1, 0.15) is 0 Å². The number of carbonyl (C=O) groups is 1. The standard InChI is InChI=1S/C15H23NO2S/c1-4-13-5-6-14(19-13)11(3)16-8-7-12(15(17)18)9-10(16)2/h5-6,10-12H,4,7-9H2,1-3H3,(H,17,18). The van der Waals surface area contributed by atoms with Gasteiger partial charge in [0, 0.05) is 21.8 Å². The number of hydrogen-bond donors (Lipinski definition) is 1. The van der Waals surface area contributed by atoms with E-state index in [0.717, 1.165) is 25.8 Å². The second-order valence-corrected chi connectivity index (χ2v) is 6.68. The molecule has 19 heavy (non-hydrogen) atoms. The van der Waals surface area contributed by atoms with Gasteiger partial charge in [0.15, 0.2) is 0 Å². The van der Waals surface area contributed by atoms with Crippen molar-refractivity contribution in [2.45, 2.75) is 52.1 Å². The van der Waals surface area contributed by atoms with Crippen molar-refractivity contribution in [3.8, 4) is 0 Å². The van der Waals surface area contributed by atoms with Gasteiger partial charge in [0.05, 0.1) is 5.92 Å². The van der Waals surface area contributed by atoms with Crippen molar-refractivity contribution in [1.29, 1.82) is 0 Å². The lowest BCUT2D eigenvalue weighted by Gasteiger charge is -2.39. The number of rotatable bonds is 4. The van der Waals surface area contributed by atoms with Crippen molar-refractivity contribution in [2.24, 2.45) is 5.92 Å². The Kier molecular flexibility index (Phi) is 4.63. The van der Waals surface area contributed by atoms with Gasteiger partial charge in [-0.3, -0.25) is 9.69 Å². The molecule has 1 saturated heterocycles. The van der Waals surface area contributed by atoms with E-state index in [0.29, 0.717) is 12.1 Å². The molecule has 1 aliphatic rings. The van der Waals surface area contributed by atoms with E-state index in [1.54, 1.807) is 0 Å². The summed E-state index contributed by atoms with van der Waals surface area (Å²) in [6.07, 6.45) is 2.63. The van der Waals surface area contributed by atoms with Gasteiger partial charge >= 0.3 is 5.97 Å². The minimum absolute atomic E-state index is 0.159. The van der Waals surface area contributed by atoms with E-state index in [-0.39, 0.29) is 5.92 Å². The molecule has 1 aliphatic heterocycles. The molecule has 0 radical (unpaired) electrons. The van der Waals surface area contributed by atoms with Gasteiger partial charge in [0.2, 0.25) is 0 Å². The quantitative estimate of drug-likeness (QED) is 0.917. The Hall–Kier alpha value is -0.870. The predicted molar refractivity (Wildman–Crippen MR) is 78.6 cm³/mol. The maximum absolute atomic E-state index is 11.1. The SMILES string of the molecule is CCc1ccc(C(C)N2CCC(C(=O)O)CC2C)s1. The molecule has 3 nitrogen and oxygen atoms in total. The molecule has 0 spiro atoms. The molecule has 3 unspecified atom stereocenters. The van der Waals surface area contributed by atoms with Crippen LogP contribution >= 0.6 is 11.3 Å². The predicted octanol–water partition coefficient (Wildman–Crippen LogP) is 3.56. The minimum atomic E-state index is -0.636. The van der Waals surface area contributed by atoms with Crippen LogP contribution in [0.5, 0.6) is 0 Å². The molecule has 0 amide bonds. The lowest BCUT2D eigenvalue weighted by molar-refractivity contribution is -0.144. The number of likely N-dealkylation sites (tertiary alicyclic amines) is 1. The number of thiophene rings is 1. The summed E-state index contributed by atoms with van der Waals surface area (Å²) in [7, 11) is 0. The molecule has 1 N–H and O–H groups in total. The number of carboxylic acids is 1. The fourth-order valence-corrected chi connectivity index (χ4v) is 3.99. The van der Waals surface area contributed by atoms with Crippen LogP contribution in [0.2, 0.25) is 0 Å². The number of aliphatic carboxylic acids is 1. The number of piperidine rings is 1. The van der Waals surface area contributed by atoms with Gasteiger partial charge < -0.3 is 5.11 Å². The largest absolute Gasteiger partial charge is 0.481 e.